The molecule has 5 rings (SSSR count). The number of anilines is 2. The van der Waals surface area contributed by atoms with Gasteiger partial charge in [0, 0.05) is 21.8 Å². The lowest BCUT2D eigenvalue weighted by molar-refractivity contribution is -0.116. The third-order valence-corrected chi connectivity index (χ3v) is 8.23. The van der Waals surface area contributed by atoms with Crippen LogP contribution >= 0.6 is 11.8 Å². The molecule has 1 atom stereocenters. The van der Waals surface area contributed by atoms with E-state index in [4.69, 9.17) is 0 Å². The summed E-state index contributed by atoms with van der Waals surface area (Å²) in [5.41, 5.74) is 3.98. The molecule has 0 aromatic heterocycles. The van der Waals surface area contributed by atoms with Crippen LogP contribution in [0.2, 0.25) is 0 Å². The van der Waals surface area contributed by atoms with Gasteiger partial charge in [0.1, 0.15) is 10.9 Å². The van der Waals surface area contributed by atoms with Crippen molar-refractivity contribution in [2.45, 2.75) is 17.1 Å². The maximum atomic E-state index is 13.5. The zero-order valence-electron chi connectivity index (χ0n) is 25.3. The molecule has 234 valence electrons. The molecule has 0 aliphatic rings. The lowest BCUT2D eigenvalue weighted by Crippen LogP contribution is -2.30. The summed E-state index contributed by atoms with van der Waals surface area (Å²) in [6.07, 6.45) is 1.63. The van der Waals surface area contributed by atoms with Gasteiger partial charge in [0.25, 0.3) is 11.8 Å². The highest BCUT2D eigenvalue weighted by atomic mass is 32.2. The Labute approximate surface area is 276 Å². The molecule has 0 aliphatic carbocycles. The largest absolute Gasteiger partial charge is 0.478 e. The average Bonchev–Trinajstić information content (AvgIpc) is 3.08. The summed E-state index contributed by atoms with van der Waals surface area (Å²) in [6, 6.07) is 38.6. The summed E-state index contributed by atoms with van der Waals surface area (Å²) in [5.74, 6) is -2.31. The van der Waals surface area contributed by atoms with Crippen LogP contribution < -0.4 is 16.0 Å². The number of amides is 3. The summed E-state index contributed by atoms with van der Waals surface area (Å²) in [4.78, 5) is 52.0. The van der Waals surface area contributed by atoms with Crippen LogP contribution in [0.4, 0.5) is 11.4 Å². The molecule has 5 aromatic carbocycles. The molecule has 0 bridgehead atoms. The molecule has 1 unspecified atom stereocenters. The van der Waals surface area contributed by atoms with Crippen LogP contribution in [0.1, 0.15) is 42.7 Å². The second-order valence-corrected chi connectivity index (χ2v) is 11.7. The number of aryl methyl sites for hydroxylation is 1. The first-order chi connectivity index (χ1) is 22.7. The minimum atomic E-state index is -1.08. The summed E-state index contributed by atoms with van der Waals surface area (Å²) < 4.78 is 0. The van der Waals surface area contributed by atoms with E-state index in [1.54, 1.807) is 66.7 Å². The Kier molecular flexibility index (Phi) is 10.6. The van der Waals surface area contributed by atoms with Gasteiger partial charge in [-0.2, -0.15) is 0 Å². The van der Waals surface area contributed by atoms with Crippen molar-refractivity contribution < 1.29 is 24.3 Å². The second kappa shape index (κ2) is 15.4. The number of thioether (sulfide) groups is 1. The molecule has 9 heteroatoms. The first-order valence-electron chi connectivity index (χ1n) is 14.7. The Hall–Kier alpha value is -5.93. The van der Waals surface area contributed by atoms with E-state index in [-0.39, 0.29) is 17.2 Å². The highest BCUT2D eigenvalue weighted by molar-refractivity contribution is 8.00. The number of hydrogen-bond donors (Lipinski definition) is 4. The summed E-state index contributed by atoms with van der Waals surface area (Å²) in [6.45, 7) is 1.95. The van der Waals surface area contributed by atoms with Gasteiger partial charge in [-0.3, -0.25) is 14.4 Å². The number of carboxylic acids is 1. The topological polar surface area (TPSA) is 125 Å². The van der Waals surface area contributed by atoms with Crippen molar-refractivity contribution in [2.75, 3.05) is 10.6 Å². The predicted octanol–water partition coefficient (Wildman–Crippen LogP) is 7.57. The molecule has 4 N–H and O–H groups in total. The molecule has 0 saturated carbocycles. The van der Waals surface area contributed by atoms with E-state index in [2.05, 4.69) is 16.0 Å². The zero-order chi connectivity index (χ0) is 33.2. The molecule has 3 amide bonds. The molecule has 5 aromatic rings. The van der Waals surface area contributed by atoms with Crippen molar-refractivity contribution in [3.8, 4) is 0 Å². The Morgan fingerprint density at radius 1 is 0.681 bits per heavy atom. The molecule has 0 saturated heterocycles. The third-order valence-electron chi connectivity index (χ3n) is 6.97. The van der Waals surface area contributed by atoms with Crippen LogP contribution in [0.3, 0.4) is 0 Å². The van der Waals surface area contributed by atoms with Gasteiger partial charge in [-0.05, 0) is 78.7 Å². The van der Waals surface area contributed by atoms with E-state index in [0.29, 0.717) is 16.9 Å². The first-order valence-corrected chi connectivity index (χ1v) is 15.5. The Balaban J connectivity index is 1.33. The smallest absolute Gasteiger partial charge is 0.335 e. The van der Waals surface area contributed by atoms with Gasteiger partial charge in [0.15, 0.2) is 0 Å². The van der Waals surface area contributed by atoms with E-state index >= 15 is 0 Å². The van der Waals surface area contributed by atoms with Gasteiger partial charge in [0.2, 0.25) is 5.91 Å². The van der Waals surface area contributed by atoms with Crippen molar-refractivity contribution >= 4 is 52.9 Å². The minimum absolute atomic E-state index is 0.0702. The minimum Gasteiger partial charge on any atom is -0.478 e. The van der Waals surface area contributed by atoms with E-state index in [9.17, 15) is 24.3 Å². The highest BCUT2D eigenvalue weighted by Gasteiger charge is 2.23. The number of rotatable bonds is 11. The SMILES string of the molecule is Cc1cccc(/C=C(\NC(=O)c2ccccc2)C(=O)Nc2ccc(SC(C(=O)Nc3cccc(C(=O)O)c3)c3ccccc3)cc2)c1. The molecule has 47 heavy (non-hydrogen) atoms. The quantitative estimate of drug-likeness (QED) is 0.0871. The van der Waals surface area contributed by atoms with Crippen LogP contribution in [-0.2, 0) is 9.59 Å². The van der Waals surface area contributed by atoms with Crippen LogP contribution in [0.15, 0.2) is 144 Å². The first kappa shape index (κ1) is 32.5. The Morgan fingerprint density at radius 2 is 1.34 bits per heavy atom. The summed E-state index contributed by atoms with van der Waals surface area (Å²) >= 11 is 1.31. The zero-order valence-corrected chi connectivity index (χ0v) is 26.2. The molecule has 0 aliphatic heterocycles. The van der Waals surface area contributed by atoms with Gasteiger partial charge in [-0.25, -0.2) is 4.79 Å². The fourth-order valence-corrected chi connectivity index (χ4v) is 5.68. The highest BCUT2D eigenvalue weighted by Crippen LogP contribution is 2.37. The second-order valence-electron chi connectivity index (χ2n) is 10.6. The number of nitrogens with one attached hydrogen (secondary N) is 3. The van der Waals surface area contributed by atoms with Crippen molar-refractivity contribution in [2.24, 2.45) is 0 Å². The monoisotopic (exact) mass is 641 g/mol. The molecule has 8 nitrogen and oxygen atoms in total. The number of aromatic carboxylic acids is 1. The lowest BCUT2D eigenvalue weighted by atomic mass is 10.1. The molecule has 0 fully saturated rings. The van der Waals surface area contributed by atoms with Crippen molar-refractivity contribution in [3.63, 3.8) is 0 Å². The van der Waals surface area contributed by atoms with Crippen molar-refractivity contribution in [3.05, 3.63) is 167 Å². The van der Waals surface area contributed by atoms with E-state index in [1.807, 2.05) is 67.6 Å². The van der Waals surface area contributed by atoms with Crippen LogP contribution in [0, 0.1) is 6.92 Å². The number of hydrogen-bond acceptors (Lipinski definition) is 5. The van der Waals surface area contributed by atoms with Gasteiger partial charge in [0.05, 0.1) is 5.56 Å². The van der Waals surface area contributed by atoms with Gasteiger partial charge in [-0.1, -0.05) is 84.4 Å². The van der Waals surface area contributed by atoms with Crippen LogP contribution in [0.25, 0.3) is 6.08 Å². The van der Waals surface area contributed by atoms with Crippen LogP contribution in [-0.4, -0.2) is 28.8 Å². The van der Waals surface area contributed by atoms with Crippen LogP contribution in [0.5, 0.6) is 0 Å². The number of benzene rings is 5. The standard InChI is InChI=1S/C38H31N3O5S/c1-25-10-8-11-26(22-25)23-33(41-35(42)28-14-6-3-7-15-28)36(43)39-30-18-20-32(21-19-30)47-34(27-12-4-2-5-13-27)37(44)40-31-17-9-16-29(24-31)38(45)46/h2-24,34H,1H3,(H,39,43)(H,40,44)(H,41,42)(H,45,46)/b33-23-. The fourth-order valence-electron chi connectivity index (χ4n) is 4.66. The maximum absolute atomic E-state index is 13.5. The predicted molar refractivity (Wildman–Crippen MR) is 185 cm³/mol. The number of carboxylic acid groups (broad SMARTS) is 1. The van der Waals surface area contributed by atoms with E-state index < -0.39 is 23.0 Å². The average molecular weight is 642 g/mol. The summed E-state index contributed by atoms with van der Waals surface area (Å²) in [5, 5.41) is 17.1. The maximum Gasteiger partial charge on any atom is 0.335 e. The van der Waals surface area contributed by atoms with Gasteiger partial charge in [-0.15, -0.1) is 11.8 Å². The number of carbonyl (C=O) groups excluding carboxylic acids is 3. The van der Waals surface area contributed by atoms with Gasteiger partial charge >= 0.3 is 5.97 Å². The molecule has 0 spiro atoms. The van der Waals surface area contributed by atoms with E-state index in [0.717, 1.165) is 21.6 Å². The molecule has 0 heterocycles. The van der Waals surface area contributed by atoms with Crippen molar-refractivity contribution in [1.29, 1.82) is 0 Å². The van der Waals surface area contributed by atoms with E-state index in [1.165, 1.54) is 23.9 Å². The lowest BCUT2D eigenvalue weighted by Gasteiger charge is -2.18. The molecule has 0 radical (unpaired) electrons. The van der Waals surface area contributed by atoms with Crippen molar-refractivity contribution in [1.82, 2.24) is 5.32 Å². The normalized spacial score (nSPS) is 11.6. The Bertz CT molecular complexity index is 1930. The molecular formula is C38H31N3O5S. The third kappa shape index (κ3) is 9.06. The van der Waals surface area contributed by atoms with Gasteiger partial charge < -0.3 is 21.1 Å². The molecular weight excluding hydrogens is 611 g/mol. The number of carbonyl (C=O) groups is 4. The Morgan fingerprint density at radius 3 is 2.02 bits per heavy atom. The summed E-state index contributed by atoms with van der Waals surface area (Å²) in [7, 11) is 0. The fraction of sp³-hybridized carbons (Fsp3) is 0.0526.